The summed E-state index contributed by atoms with van der Waals surface area (Å²) >= 11 is 0. The second-order valence-corrected chi connectivity index (χ2v) is 12.7. The molecule has 1 aliphatic heterocycles. The Balaban J connectivity index is 1.73. The van der Waals surface area contributed by atoms with Gasteiger partial charge in [-0.15, -0.1) is 0 Å². The van der Waals surface area contributed by atoms with E-state index >= 15 is 0 Å². The Bertz CT molecular complexity index is 1430. The fourth-order valence-corrected chi connectivity index (χ4v) is 6.68. The normalized spacial score (nSPS) is 17.3. The zero-order valence-electron chi connectivity index (χ0n) is 25.5. The molecule has 43 heavy (non-hydrogen) atoms. The lowest BCUT2D eigenvalue weighted by atomic mass is 10.0. The molecule has 3 aromatic carbocycles. The van der Waals surface area contributed by atoms with Crippen LogP contribution < -0.4 is 23.7 Å². The highest BCUT2D eigenvalue weighted by Gasteiger charge is 2.33. The second kappa shape index (κ2) is 14.8. The fourth-order valence-electron chi connectivity index (χ4n) is 5.05. The number of ether oxygens (including phenoxy) is 6. The van der Waals surface area contributed by atoms with Crippen LogP contribution in [0.2, 0.25) is 0 Å². The third kappa shape index (κ3) is 7.93. The van der Waals surface area contributed by atoms with E-state index in [-0.39, 0.29) is 35.5 Å². The molecule has 10 heteroatoms. The summed E-state index contributed by atoms with van der Waals surface area (Å²) in [6.45, 7) is 4.09. The number of sulfone groups is 1. The molecular formula is C33H42O9S. The topological polar surface area (TPSA) is 110 Å². The Kier molecular flexibility index (Phi) is 11.2. The maximum Gasteiger partial charge on any atom is 0.203 e. The summed E-state index contributed by atoms with van der Waals surface area (Å²) in [7, 11) is 0.858. The van der Waals surface area contributed by atoms with E-state index < -0.39 is 22.0 Å². The van der Waals surface area contributed by atoms with Gasteiger partial charge in [0.25, 0.3) is 0 Å². The zero-order chi connectivity index (χ0) is 31.0. The van der Waals surface area contributed by atoms with Gasteiger partial charge >= 0.3 is 0 Å². The maximum absolute atomic E-state index is 13.7. The van der Waals surface area contributed by atoms with E-state index in [9.17, 15) is 13.5 Å². The summed E-state index contributed by atoms with van der Waals surface area (Å²) in [5, 5.41) is 9.84. The van der Waals surface area contributed by atoms with Gasteiger partial charge in [0.05, 0.1) is 52.0 Å². The summed E-state index contributed by atoms with van der Waals surface area (Å²) in [6.07, 6.45) is 0.707. The molecule has 0 amide bonds. The second-order valence-electron chi connectivity index (χ2n) is 10.6. The van der Waals surface area contributed by atoms with Crippen LogP contribution in [0.4, 0.5) is 0 Å². The van der Waals surface area contributed by atoms with Gasteiger partial charge in [0.2, 0.25) is 5.75 Å². The molecule has 0 spiro atoms. The van der Waals surface area contributed by atoms with Gasteiger partial charge in [0, 0.05) is 0 Å². The van der Waals surface area contributed by atoms with E-state index in [2.05, 4.69) is 0 Å². The minimum atomic E-state index is -3.83. The van der Waals surface area contributed by atoms with Gasteiger partial charge in [-0.3, -0.25) is 0 Å². The number of aliphatic hydroxyl groups excluding tert-OH is 1. The van der Waals surface area contributed by atoms with Crippen molar-refractivity contribution in [2.45, 2.75) is 69.3 Å². The molecule has 0 aromatic heterocycles. The third-order valence-corrected chi connectivity index (χ3v) is 9.07. The number of methoxy groups -OCH3 is 3. The van der Waals surface area contributed by atoms with Crippen LogP contribution in [0, 0.1) is 0 Å². The van der Waals surface area contributed by atoms with Crippen molar-refractivity contribution in [3.63, 3.8) is 0 Å². The molecule has 3 aromatic rings. The molecule has 1 N–H and O–H groups in total. The summed E-state index contributed by atoms with van der Waals surface area (Å²) in [5.74, 6) is 1.86. The lowest BCUT2D eigenvalue weighted by Gasteiger charge is -2.21. The number of benzene rings is 3. The Hall–Kier alpha value is -3.47. The first kappa shape index (κ1) is 32.4. The van der Waals surface area contributed by atoms with Gasteiger partial charge in [-0.2, -0.15) is 0 Å². The third-order valence-electron chi connectivity index (χ3n) is 7.32. The van der Waals surface area contributed by atoms with E-state index in [0.29, 0.717) is 54.4 Å². The van der Waals surface area contributed by atoms with Gasteiger partial charge in [0.15, 0.2) is 32.8 Å². The Morgan fingerprint density at radius 1 is 0.860 bits per heavy atom. The first-order chi connectivity index (χ1) is 20.7. The molecule has 1 saturated heterocycles. The molecule has 4 rings (SSSR count). The molecule has 0 aliphatic carbocycles. The average Bonchev–Trinajstić information content (AvgIpc) is 3.52. The van der Waals surface area contributed by atoms with Gasteiger partial charge in [-0.1, -0.05) is 37.3 Å². The highest BCUT2D eigenvalue weighted by atomic mass is 32.2. The van der Waals surface area contributed by atoms with E-state index in [1.807, 2.05) is 55.5 Å². The number of rotatable bonds is 15. The van der Waals surface area contributed by atoms with Crippen molar-refractivity contribution >= 4 is 9.84 Å². The van der Waals surface area contributed by atoms with Crippen LogP contribution in [-0.2, 0) is 21.2 Å². The number of hydrogen-bond donors (Lipinski definition) is 1. The van der Waals surface area contributed by atoms with Gasteiger partial charge in [0.1, 0.15) is 11.5 Å². The smallest absolute Gasteiger partial charge is 0.203 e. The number of aliphatic hydroxyl groups is 1. The lowest BCUT2D eigenvalue weighted by Crippen LogP contribution is -2.15. The van der Waals surface area contributed by atoms with Crippen LogP contribution in [-0.4, -0.2) is 53.3 Å². The maximum atomic E-state index is 13.7. The van der Waals surface area contributed by atoms with Crippen molar-refractivity contribution in [2.75, 3.05) is 33.7 Å². The van der Waals surface area contributed by atoms with E-state index in [1.54, 1.807) is 34.3 Å². The fraction of sp³-hybridized carbons (Fsp3) is 0.455. The monoisotopic (exact) mass is 614 g/mol. The molecule has 1 fully saturated rings. The Labute approximate surface area is 254 Å². The highest BCUT2D eigenvalue weighted by Crippen LogP contribution is 2.48. The Morgan fingerprint density at radius 3 is 2.02 bits per heavy atom. The van der Waals surface area contributed by atoms with E-state index in [0.717, 1.165) is 11.1 Å². The first-order valence-corrected chi connectivity index (χ1v) is 16.2. The molecule has 1 aliphatic rings. The summed E-state index contributed by atoms with van der Waals surface area (Å²) in [6, 6.07) is 16.9. The van der Waals surface area contributed by atoms with Crippen molar-refractivity contribution < 1.29 is 41.9 Å². The van der Waals surface area contributed by atoms with Crippen LogP contribution in [0.5, 0.6) is 28.7 Å². The summed E-state index contributed by atoms with van der Waals surface area (Å²) in [5.41, 5.74) is 2.48. The molecule has 9 nitrogen and oxygen atoms in total. The minimum absolute atomic E-state index is 0.0435. The van der Waals surface area contributed by atoms with Crippen molar-refractivity contribution in [3.8, 4) is 28.7 Å². The predicted octanol–water partition coefficient (Wildman–Crippen LogP) is 6.22. The van der Waals surface area contributed by atoms with Crippen LogP contribution in [0.1, 0.15) is 68.4 Å². The highest BCUT2D eigenvalue weighted by molar-refractivity contribution is 7.91. The van der Waals surface area contributed by atoms with Gasteiger partial charge in [-0.05, 0) is 73.6 Å². The average molecular weight is 615 g/mol. The van der Waals surface area contributed by atoms with Crippen molar-refractivity contribution in [2.24, 2.45) is 0 Å². The largest absolute Gasteiger partial charge is 0.493 e. The molecule has 1 unspecified atom stereocenters. The molecular weight excluding hydrogens is 572 g/mol. The molecule has 0 bridgehead atoms. The molecule has 0 radical (unpaired) electrons. The van der Waals surface area contributed by atoms with E-state index in [1.165, 1.54) is 0 Å². The van der Waals surface area contributed by atoms with Crippen molar-refractivity contribution in [1.82, 2.24) is 0 Å². The van der Waals surface area contributed by atoms with Crippen LogP contribution >= 0.6 is 0 Å². The molecule has 0 saturated carbocycles. The van der Waals surface area contributed by atoms with Gasteiger partial charge in [-0.25, -0.2) is 8.42 Å². The summed E-state index contributed by atoms with van der Waals surface area (Å²) < 4.78 is 62.7. The predicted molar refractivity (Wildman–Crippen MR) is 163 cm³/mol. The Morgan fingerprint density at radius 2 is 1.47 bits per heavy atom. The van der Waals surface area contributed by atoms with E-state index in [4.69, 9.17) is 28.4 Å². The molecule has 3 atom stereocenters. The van der Waals surface area contributed by atoms with Gasteiger partial charge < -0.3 is 33.5 Å². The SMILES string of the molecule is CCCOc1c(OCc2ccccc2)cc([C@@H]2CC[C@@H](c3cc(OC)c(OC)c(OC)c3)O2)cc1S(=O)(=O)CCC(C)O. The quantitative estimate of drug-likeness (QED) is 0.213. The molecule has 1 heterocycles. The molecule has 234 valence electrons. The van der Waals surface area contributed by atoms with Crippen LogP contribution in [0.3, 0.4) is 0 Å². The van der Waals surface area contributed by atoms with Crippen LogP contribution in [0.15, 0.2) is 59.5 Å². The minimum Gasteiger partial charge on any atom is -0.493 e. The van der Waals surface area contributed by atoms with Crippen molar-refractivity contribution in [1.29, 1.82) is 0 Å². The van der Waals surface area contributed by atoms with Crippen LogP contribution in [0.25, 0.3) is 0 Å². The zero-order valence-corrected chi connectivity index (χ0v) is 26.3. The first-order valence-electron chi connectivity index (χ1n) is 14.5. The lowest BCUT2D eigenvalue weighted by molar-refractivity contribution is 0.0434. The standard InChI is InChI=1S/C33H42O9S/c1-6-15-40-33-30(41-21-23-10-8-7-9-11-23)19-25(20-31(33)43(35,36)16-14-22(2)34)27-13-12-26(42-27)24-17-28(37-3)32(39-5)29(18-24)38-4/h7-11,17-20,22,26-27,34H,6,12-16,21H2,1-5H3/t22?,26-,27-/m0/s1. The van der Waals surface area contributed by atoms with Crippen molar-refractivity contribution in [3.05, 3.63) is 71.3 Å². The summed E-state index contributed by atoms with van der Waals surface area (Å²) in [4.78, 5) is 0.0435. The number of hydrogen-bond acceptors (Lipinski definition) is 9.